The van der Waals surface area contributed by atoms with Crippen LogP contribution in [0, 0.1) is 0 Å². The van der Waals surface area contributed by atoms with Crippen LogP contribution >= 0.6 is 0 Å². The Bertz CT molecular complexity index is 563. The molecule has 3 heteroatoms. The molecule has 18 heavy (non-hydrogen) atoms. The highest BCUT2D eigenvalue weighted by Crippen LogP contribution is 2.26. The smallest absolute Gasteiger partial charge is 0.0945 e. The quantitative estimate of drug-likeness (QED) is 0.816. The summed E-state index contributed by atoms with van der Waals surface area (Å²) in [5.74, 6) is 0. The molecule has 0 aliphatic carbocycles. The summed E-state index contributed by atoms with van der Waals surface area (Å²) in [5, 5.41) is 0. The Balaban J connectivity index is 1.79. The molecule has 0 radical (unpaired) electrons. The predicted molar refractivity (Wildman–Crippen MR) is 75.9 cm³/mol. The summed E-state index contributed by atoms with van der Waals surface area (Å²) < 4.78 is 0. The van der Waals surface area contributed by atoms with E-state index in [1.165, 1.54) is 5.56 Å². The van der Waals surface area contributed by atoms with Gasteiger partial charge < -0.3 is 10.6 Å². The van der Waals surface area contributed by atoms with Crippen molar-refractivity contribution in [2.75, 3.05) is 17.2 Å². The molecule has 3 nitrogen and oxygen atoms in total. The van der Waals surface area contributed by atoms with Gasteiger partial charge in [-0.2, -0.15) is 0 Å². The monoisotopic (exact) mass is 237 g/mol. The summed E-state index contributed by atoms with van der Waals surface area (Å²) in [7, 11) is 0. The van der Waals surface area contributed by atoms with Crippen LogP contribution in [0.2, 0.25) is 0 Å². The molecule has 0 saturated carbocycles. The average Bonchev–Trinajstić information content (AvgIpc) is 2.89. The molecule has 1 unspecified atom stereocenters. The number of nitrogen functional groups attached to an aromatic ring is 1. The molecule has 1 heterocycles. The van der Waals surface area contributed by atoms with Crippen molar-refractivity contribution in [1.29, 1.82) is 0 Å². The zero-order valence-corrected chi connectivity index (χ0v) is 10.0. The van der Waals surface area contributed by atoms with Gasteiger partial charge >= 0.3 is 0 Å². The van der Waals surface area contributed by atoms with E-state index >= 15 is 0 Å². The van der Waals surface area contributed by atoms with E-state index in [1.807, 2.05) is 42.7 Å². The maximum atomic E-state index is 5.80. The SMILES string of the molecule is Nc1cccc(N2C=NC(c3ccccc3)C2)c1. The van der Waals surface area contributed by atoms with Crippen molar-refractivity contribution < 1.29 is 0 Å². The van der Waals surface area contributed by atoms with E-state index in [-0.39, 0.29) is 6.04 Å². The number of nitrogens with zero attached hydrogens (tertiary/aromatic N) is 2. The number of rotatable bonds is 2. The minimum atomic E-state index is 0.215. The molecule has 90 valence electrons. The lowest BCUT2D eigenvalue weighted by Crippen LogP contribution is -2.19. The summed E-state index contributed by atoms with van der Waals surface area (Å²) in [6.45, 7) is 0.869. The van der Waals surface area contributed by atoms with Gasteiger partial charge in [-0.15, -0.1) is 0 Å². The van der Waals surface area contributed by atoms with Gasteiger partial charge in [-0.3, -0.25) is 4.99 Å². The number of nitrogens with two attached hydrogens (primary N) is 1. The van der Waals surface area contributed by atoms with Gasteiger partial charge in [-0.25, -0.2) is 0 Å². The predicted octanol–water partition coefficient (Wildman–Crippen LogP) is 2.86. The summed E-state index contributed by atoms with van der Waals surface area (Å²) in [5.41, 5.74) is 8.93. The zero-order chi connectivity index (χ0) is 12.4. The topological polar surface area (TPSA) is 41.6 Å². The van der Waals surface area contributed by atoms with Crippen molar-refractivity contribution in [3.05, 3.63) is 60.2 Å². The lowest BCUT2D eigenvalue weighted by molar-refractivity contribution is 0.781. The Kier molecular flexibility index (Phi) is 2.73. The van der Waals surface area contributed by atoms with Crippen molar-refractivity contribution in [3.63, 3.8) is 0 Å². The molecule has 0 saturated heterocycles. The molecule has 2 aromatic carbocycles. The first-order valence-electron chi connectivity index (χ1n) is 6.03. The minimum Gasteiger partial charge on any atom is -0.399 e. The fourth-order valence-electron chi connectivity index (χ4n) is 2.18. The van der Waals surface area contributed by atoms with Crippen LogP contribution in [-0.2, 0) is 0 Å². The van der Waals surface area contributed by atoms with Crippen molar-refractivity contribution in [3.8, 4) is 0 Å². The second-order valence-corrected chi connectivity index (χ2v) is 4.44. The van der Waals surface area contributed by atoms with Crippen LogP contribution in [0.25, 0.3) is 0 Å². The van der Waals surface area contributed by atoms with Gasteiger partial charge in [0, 0.05) is 11.4 Å². The highest BCUT2D eigenvalue weighted by Gasteiger charge is 2.19. The first-order chi connectivity index (χ1) is 8.83. The van der Waals surface area contributed by atoms with Crippen molar-refractivity contribution in [2.45, 2.75) is 6.04 Å². The van der Waals surface area contributed by atoms with Gasteiger partial charge in [-0.1, -0.05) is 36.4 Å². The molecule has 2 N–H and O–H groups in total. The number of hydrogen-bond acceptors (Lipinski definition) is 3. The maximum absolute atomic E-state index is 5.80. The summed E-state index contributed by atoms with van der Waals surface area (Å²) in [6.07, 6.45) is 1.90. The van der Waals surface area contributed by atoms with E-state index in [0.717, 1.165) is 17.9 Å². The van der Waals surface area contributed by atoms with Gasteiger partial charge in [0.25, 0.3) is 0 Å². The lowest BCUT2D eigenvalue weighted by Gasteiger charge is -2.16. The second-order valence-electron chi connectivity index (χ2n) is 4.44. The summed E-state index contributed by atoms with van der Waals surface area (Å²) in [6, 6.07) is 18.5. The molecule has 1 atom stereocenters. The van der Waals surface area contributed by atoms with Gasteiger partial charge in [0.15, 0.2) is 0 Å². The molecular formula is C15H15N3. The molecular weight excluding hydrogens is 222 g/mol. The number of aliphatic imine (C=N–C) groups is 1. The zero-order valence-electron chi connectivity index (χ0n) is 10.0. The molecule has 0 amide bonds. The number of anilines is 2. The fraction of sp³-hybridized carbons (Fsp3) is 0.133. The van der Waals surface area contributed by atoms with Crippen LogP contribution in [0.1, 0.15) is 11.6 Å². The van der Waals surface area contributed by atoms with Gasteiger partial charge in [0.1, 0.15) is 0 Å². The van der Waals surface area contributed by atoms with Crippen LogP contribution in [0.4, 0.5) is 11.4 Å². The Morgan fingerprint density at radius 2 is 1.89 bits per heavy atom. The normalized spacial score (nSPS) is 18.2. The Hall–Kier alpha value is -2.29. The van der Waals surface area contributed by atoms with Crippen LogP contribution in [-0.4, -0.2) is 12.9 Å². The molecule has 0 fully saturated rings. The van der Waals surface area contributed by atoms with Crippen LogP contribution in [0.3, 0.4) is 0 Å². The second kappa shape index (κ2) is 4.53. The highest BCUT2D eigenvalue weighted by molar-refractivity contribution is 5.82. The van der Waals surface area contributed by atoms with Gasteiger partial charge in [0.2, 0.25) is 0 Å². The molecule has 1 aliphatic heterocycles. The third-order valence-electron chi connectivity index (χ3n) is 3.14. The molecule has 0 aromatic heterocycles. The van der Waals surface area contributed by atoms with Gasteiger partial charge in [0.05, 0.1) is 18.9 Å². The van der Waals surface area contributed by atoms with Crippen LogP contribution < -0.4 is 10.6 Å². The molecule has 0 bridgehead atoms. The lowest BCUT2D eigenvalue weighted by atomic mass is 10.1. The standard InChI is InChI=1S/C15H15N3/c16-13-7-4-8-14(9-13)18-10-15(17-11-18)12-5-2-1-3-6-12/h1-9,11,15H,10,16H2. The summed E-state index contributed by atoms with van der Waals surface area (Å²) >= 11 is 0. The first-order valence-corrected chi connectivity index (χ1v) is 6.03. The third kappa shape index (κ3) is 2.07. The van der Waals surface area contributed by atoms with E-state index < -0.39 is 0 Å². The molecule has 3 rings (SSSR count). The molecule has 1 aliphatic rings. The van der Waals surface area contributed by atoms with Gasteiger partial charge in [-0.05, 0) is 23.8 Å². The average molecular weight is 237 g/mol. The van der Waals surface area contributed by atoms with E-state index in [2.05, 4.69) is 28.1 Å². The Morgan fingerprint density at radius 1 is 1.06 bits per heavy atom. The maximum Gasteiger partial charge on any atom is 0.0945 e. The molecule has 2 aromatic rings. The first kappa shape index (κ1) is 10.8. The fourth-order valence-corrected chi connectivity index (χ4v) is 2.18. The highest BCUT2D eigenvalue weighted by atomic mass is 15.2. The Morgan fingerprint density at radius 3 is 2.67 bits per heavy atom. The van der Waals surface area contributed by atoms with E-state index in [1.54, 1.807) is 0 Å². The largest absolute Gasteiger partial charge is 0.399 e. The van der Waals surface area contributed by atoms with Crippen molar-refractivity contribution >= 4 is 17.7 Å². The third-order valence-corrected chi connectivity index (χ3v) is 3.14. The van der Waals surface area contributed by atoms with Crippen LogP contribution in [0.5, 0.6) is 0 Å². The van der Waals surface area contributed by atoms with Crippen molar-refractivity contribution in [1.82, 2.24) is 0 Å². The minimum absolute atomic E-state index is 0.215. The number of hydrogen-bond donors (Lipinski definition) is 1. The van der Waals surface area contributed by atoms with Crippen LogP contribution in [0.15, 0.2) is 59.6 Å². The number of benzene rings is 2. The Labute approximate surface area is 107 Å². The molecule has 0 spiro atoms. The van der Waals surface area contributed by atoms with E-state index in [0.29, 0.717) is 0 Å². The summed E-state index contributed by atoms with van der Waals surface area (Å²) in [4.78, 5) is 6.69. The van der Waals surface area contributed by atoms with E-state index in [9.17, 15) is 0 Å². The van der Waals surface area contributed by atoms with Crippen molar-refractivity contribution in [2.24, 2.45) is 4.99 Å². The van der Waals surface area contributed by atoms with E-state index in [4.69, 9.17) is 5.73 Å².